The summed E-state index contributed by atoms with van der Waals surface area (Å²) in [4.78, 5) is 65.9. The van der Waals surface area contributed by atoms with Gasteiger partial charge in [-0.3, -0.25) is 19.2 Å². The van der Waals surface area contributed by atoms with Crippen molar-refractivity contribution in [3.8, 4) is 5.75 Å². The van der Waals surface area contributed by atoms with E-state index in [0.717, 1.165) is 17.0 Å². The number of pyridine rings is 1. The summed E-state index contributed by atoms with van der Waals surface area (Å²) in [5.41, 5.74) is 1.51. The summed E-state index contributed by atoms with van der Waals surface area (Å²) in [6.45, 7) is 2.49. The minimum atomic E-state index is -0.868. The molecule has 0 saturated heterocycles. The molecule has 5 rings (SSSR count). The maximum atomic E-state index is 15.7. The number of aromatic nitrogens is 3. The van der Waals surface area contributed by atoms with Gasteiger partial charge in [0.1, 0.15) is 23.4 Å². The standard InChI is InChI=1S/C28H31ClFN7O5S/c1-15(38)35-10-11-36-21(13-35)31-17-8-9-37(24(23(17)36)25-16(30)12-20(43-25)28(41)34(4)5)22(39)14-42-19-7-6-18(32-26(19)29)27(40)33(2)3/h6-7,12,24H,8-11,13-14H2,1-5H3. The fourth-order valence-electron chi connectivity index (χ4n) is 5.20. The normalized spacial score (nSPS) is 15.9. The molecule has 0 N–H and O–H groups in total. The molecule has 1 atom stereocenters. The lowest BCUT2D eigenvalue weighted by Crippen LogP contribution is -2.44. The van der Waals surface area contributed by atoms with Gasteiger partial charge >= 0.3 is 0 Å². The molecule has 0 fully saturated rings. The van der Waals surface area contributed by atoms with Gasteiger partial charge in [0.25, 0.3) is 17.7 Å². The van der Waals surface area contributed by atoms with Gasteiger partial charge in [0, 0.05) is 61.2 Å². The van der Waals surface area contributed by atoms with Crippen molar-refractivity contribution in [2.45, 2.75) is 32.5 Å². The number of halogens is 2. The Morgan fingerprint density at radius 2 is 1.79 bits per heavy atom. The minimum absolute atomic E-state index is 0.0684. The molecule has 2 aliphatic heterocycles. The second-order valence-electron chi connectivity index (χ2n) is 10.7. The summed E-state index contributed by atoms with van der Waals surface area (Å²) in [5, 5.41) is -0.0750. The number of nitrogens with zero attached hydrogens (tertiary/aromatic N) is 7. The second kappa shape index (κ2) is 11.9. The highest BCUT2D eigenvalue weighted by Crippen LogP contribution is 2.41. The third-order valence-corrected chi connectivity index (χ3v) is 8.80. The molecule has 3 aromatic heterocycles. The van der Waals surface area contributed by atoms with E-state index in [4.69, 9.17) is 21.3 Å². The van der Waals surface area contributed by atoms with E-state index in [1.165, 1.54) is 39.8 Å². The average Bonchev–Trinajstić information content (AvgIpc) is 3.54. The summed E-state index contributed by atoms with van der Waals surface area (Å²) in [6, 6.07) is 3.25. The van der Waals surface area contributed by atoms with Crippen LogP contribution >= 0.6 is 22.9 Å². The molecule has 5 heterocycles. The van der Waals surface area contributed by atoms with Crippen LogP contribution in [-0.2, 0) is 29.1 Å². The Morgan fingerprint density at radius 1 is 1.07 bits per heavy atom. The predicted molar refractivity (Wildman–Crippen MR) is 156 cm³/mol. The molecular weight excluding hydrogens is 601 g/mol. The van der Waals surface area contributed by atoms with E-state index >= 15 is 4.39 Å². The first-order valence-corrected chi connectivity index (χ1v) is 14.7. The van der Waals surface area contributed by atoms with Crippen molar-refractivity contribution in [1.82, 2.24) is 34.1 Å². The first-order valence-electron chi connectivity index (χ1n) is 13.5. The molecule has 15 heteroatoms. The predicted octanol–water partition coefficient (Wildman–Crippen LogP) is 2.45. The SMILES string of the molecule is CC(=O)N1CCn2c(nc3c2C(c2sc(C(=O)N(C)C)cc2F)N(C(=O)COc2ccc(C(=O)N(C)C)nc2Cl)CC3)C1. The molecule has 0 radical (unpaired) electrons. The third kappa shape index (κ3) is 5.80. The van der Waals surface area contributed by atoms with E-state index in [2.05, 4.69) is 4.98 Å². The number of carbonyl (C=O) groups excluding carboxylic acids is 4. The third-order valence-electron chi connectivity index (χ3n) is 7.38. The van der Waals surface area contributed by atoms with Gasteiger partial charge in [-0.05, 0) is 18.2 Å². The maximum absolute atomic E-state index is 15.7. The lowest BCUT2D eigenvalue weighted by atomic mass is 10.00. The number of imidazole rings is 1. The van der Waals surface area contributed by atoms with E-state index in [-0.39, 0.29) is 50.6 Å². The van der Waals surface area contributed by atoms with Crippen LogP contribution in [0, 0.1) is 5.82 Å². The monoisotopic (exact) mass is 631 g/mol. The summed E-state index contributed by atoms with van der Waals surface area (Å²) in [7, 11) is 6.35. The van der Waals surface area contributed by atoms with Crippen LogP contribution in [-0.4, -0.2) is 106 Å². The molecular formula is C28H31ClFN7O5S. The minimum Gasteiger partial charge on any atom is -0.481 e. The zero-order valence-electron chi connectivity index (χ0n) is 24.4. The van der Waals surface area contributed by atoms with E-state index in [9.17, 15) is 19.2 Å². The summed E-state index contributed by atoms with van der Waals surface area (Å²) >= 11 is 7.26. The van der Waals surface area contributed by atoms with Crippen molar-refractivity contribution in [2.24, 2.45) is 0 Å². The Kier molecular flexibility index (Phi) is 8.43. The van der Waals surface area contributed by atoms with Crippen molar-refractivity contribution >= 4 is 46.6 Å². The topological polar surface area (TPSA) is 121 Å². The molecule has 2 aliphatic rings. The molecule has 228 valence electrons. The van der Waals surface area contributed by atoms with Gasteiger partial charge in [-0.2, -0.15) is 0 Å². The molecule has 0 bridgehead atoms. The average molecular weight is 632 g/mol. The van der Waals surface area contributed by atoms with Crippen LogP contribution in [0.1, 0.15) is 55.2 Å². The highest BCUT2D eigenvalue weighted by Gasteiger charge is 2.41. The Hall–Kier alpha value is -4.04. The van der Waals surface area contributed by atoms with Gasteiger partial charge in [-0.25, -0.2) is 14.4 Å². The molecule has 43 heavy (non-hydrogen) atoms. The van der Waals surface area contributed by atoms with Gasteiger partial charge < -0.3 is 28.9 Å². The van der Waals surface area contributed by atoms with Crippen molar-refractivity contribution < 1.29 is 28.3 Å². The molecule has 1 unspecified atom stereocenters. The highest BCUT2D eigenvalue weighted by atomic mass is 35.5. The first kappa shape index (κ1) is 30.4. The van der Waals surface area contributed by atoms with Crippen LogP contribution < -0.4 is 4.74 Å². The van der Waals surface area contributed by atoms with Crippen LogP contribution in [0.2, 0.25) is 5.15 Å². The Morgan fingerprint density at radius 3 is 2.44 bits per heavy atom. The number of hydrogen-bond acceptors (Lipinski definition) is 8. The van der Waals surface area contributed by atoms with E-state index in [1.807, 2.05) is 4.57 Å². The quantitative estimate of drug-likeness (QED) is 0.383. The van der Waals surface area contributed by atoms with Crippen LogP contribution in [0.15, 0.2) is 18.2 Å². The van der Waals surface area contributed by atoms with Crippen molar-refractivity contribution in [3.05, 3.63) is 61.8 Å². The number of rotatable bonds is 6. The molecule has 12 nitrogen and oxygen atoms in total. The fraction of sp³-hybridized carbons (Fsp3) is 0.429. The Bertz CT molecular complexity index is 1620. The Balaban J connectivity index is 1.48. The largest absolute Gasteiger partial charge is 0.481 e. The van der Waals surface area contributed by atoms with Crippen molar-refractivity contribution in [1.29, 1.82) is 0 Å². The molecule has 0 spiro atoms. The fourth-order valence-corrected chi connectivity index (χ4v) is 6.58. The number of carbonyl (C=O) groups is 4. The summed E-state index contributed by atoms with van der Waals surface area (Å²) in [5.74, 6) is -1.01. The van der Waals surface area contributed by atoms with Gasteiger partial charge in [-0.15, -0.1) is 11.3 Å². The molecule has 0 aromatic carbocycles. The lowest BCUT2D eigenvalue weighted by molar-refractivity contribution is -0.135. The van der Waals surface area contributed by atoms with Crippen molar-refractivity contribution in [2.75, 3.05) is 47.9 Å². The number of fused-ring (bicyclic) bond motifs is 3. The summed E-state index contributed by atoms with van der Waals surface area (Å²) in [6.07, 6.45) is 0.414. The van der Waals surface area contributed by atoms with Crippen LogP contribution in [0.3, 0.4) is 0 Å². The highest BCUT2D eigenvalue weighted by molar-refractivity contribution is 7.14. The van der Waals surface area contributed by atoms with Crippen LogP contribution in [0.5, 0.6) is 5.75 Å². The molecule has 4 amide bonds. The lowest BCUT2D eigenvalue weighted by Gasteiger charge is -2.37. The second-order valence-corrected chi connectivity index (χ2v) is 12.1. The first-order chi connectivity index (χ1) is 20.4. The number of hydrogen-bond donors (Lipinski definition) is 0. The van der Waals surface area contributed by atoms with Gasteiger partial charge in [-0.1, -0.05) is 11.6 Å². The van der Waals surface area contributed by atoms with E-state index < -0.39 is 24.4 Å². The van der Waals surface area contributed by atoms with Gasteiger partial charge in [0.05, 0.1) is 27.7 Å². The van der Waals surface area contributed by atoms with Crippen LogP contribution in [0.25, 0.3) is 0 Å². The summed E-state index contributed by atoms with van der Waals surface area (Å²) < 4.78 is 23.3. The Labute approximate surface area is 256 Å². The molecule has 0 saturated carbocycles. The number of thiophene rings is 1. The zero-order chi connectivity index (χ0) is 31.2. The van der Waals surface area contributed by atoms with E-state index in [0.29, 0.717) is 37.6 Å². The maximum Gasteiger partial charge on any atom is 0.271 e. The number of amides is 4. The van der Waals surface area contributed by atoms with Crippen molar-refractivity contribution in [3.63, 3.8) is 0 Å². The number of ether oxygens (including phenoxy) is 1. The van der Waals surface area contributed by atoms with Crippen LogP contribution in [0.4, 0.5) is 4.39 Å². The van der Waals surface area contributed by atoms with E-state index in [1.54, 1.807) is 33.1 Å². The molecule has 3 aromatic rings. The zero-order valence-corrected chi connectivity index (χ0v) is 26.0. The van der Waals surface area contributed by atoms with Gasteiger partial charge in [0.15, 0.2) is 17.5 Å². The smallest absolute Gasteiger partial charge is 0.271 e. The van der Waals surface area contributed by atoms with Gasteiger partial charge in [0.2, 0.25) is 5.91 Å². The molecule has 0 aliphatic carbocycles.